The Hall–Kier alpha value is -10.8. The quantitative estimate of drug-likeness (QED) is 0.150. The van der Waals surface area contributed by atoms with Crippen molar-refractivity contribution in [1.82, 2.24) is 0 Å². The molecule has 5 aliphatic rings. The fraction of sp³-hybridized carbons (Fsp3) is 0.140. The first-order valence-electron chi connectivity index (χ1n) is 34.1. The molecule has 2 heteroatoms. The number of aryl methyl sites for hydroxylation is 2. The van der Waals surface area contributed by atoms with Crippen LogP contribution in [0.2, 0.25) is 0 Å². The van der Waals surface area contributed by atoms with Crippen molar-refractivity contribution in [2.45, 2.75) is 84.5 Å². The Morgan fingerprint density at radius 1 is 0.232 bits per heavy atom. The van der Waals surface area contributed by atoms with E-state index >= 15 is 0 Å². The first-order chi connectivity index (χ1) is 46.3. The SMILES string of the molecule is Cc1cccc2c1Cc1c-2cccc1N(c1ccccc1-c1ccccc1)c1cc2c(c3ccccc13)-c1cc3c(cc1C2(C)C)-c1cc2c(cc1C3(C)C)-c1c(cc(N(c3ccccc3-c3ccccc3)c3cccc4c3Cc3c(C)cccc3-4)c3ccccc13)C2(C)C. The number of benzene rings is 14. The minimum absolute atomic E-state index is 0.289. The molecule has 0 bridgehead atoms. The standard InChI is InChI=1S/C93H72N2/c1-55-27-23-39-61-63-41-25-45-85(73(63)47-69(55)61)94(83-43-21-19-33-59(83)57-29-11-9-12-30-57)87-53-81-89(67-37-17-15-35-65(67)87)75-51-77-71(49-79(75)92(81,5)6)72-50-80-76(52-78(72)91(77,3)4)90-68-38-18-16-36-66(68)88(54-82(90)93(80,7)8)95(84-44-22-20-34-60(84)58-31-13-10-14-32-58)86-46-26-42-64-62-40-24-28-56(2)70(62)48-74(64)86/h9-46,49-54H,47-48H2,1-8H3. The van der Waals surface area contributed by atoms with Crippen LogP contribution >= 0.6 is 0 Å². The molecule has 454 valence electrons. The minimum atomic E-state index is -0.338. The highest BCUT2D eigenvalue weighted by molar-refractivity contribution is 6.14. The van der Waals surface area contributed by atoms with E-state index in [1.54, 1.807) is 0 Å². The van der Waals surface area contributed by atoms with Gasteiger partial charge in [-0.05, 0) is 219 Å². The average molecular weight is 1220 g/mol. The summed E-state index contributed by atoms with van der Waals surface area (Å²) >= 11 is 0. The lowest BCUT2D eigenvalue weighted by atomic mass is 9.78. The predicted molar refractivity (Wildman–Crippen MR) is 400 cm³/mol. The van der Waals surface area contributed by atoms with Crippen molar-refractivity contribution in [3.63, 3.8) is 0 Å². The van der Waals surface area contributed by atoms with Crippen LogP contribution in [0.15, 0.2) is 267 Å². The van der Waals surface area contributed by atoms with E-state index in [0.717, 1.165) is 12.8 Å². The normalized spacial score (nSPS) is 14.7. The molecule has 14 aromatic rings. The molecule has 0 atom stereocenters. The molecule has 0 fully saturated rings. The van der Waals surface area contributed by atoms with Gasteiger partial charge in [0.15, 0.2) is 0 Å². The summed E-state index contributed by atoms with van der Waals surface area (Å²) in [4.78, 5) is 5.26. The maximum atomic E-state index is 2.63. The predicted octanol–water partition coefficient (Wildman–Crippen LogP) is 24.9. The van der Waals surface area contributed by atoms with E-state index in [4.69, 9.17) is 0 Å². The van der Waals surface area contributed by atoms with Crippen LogP contribution < -0.4 is 9.80 Å². The van der Waals surface area contributed by atoms with Crippen molar-refractivity contribution in [1.29, 1.82) is 0 Å². The van der Waals surface area contributed by atoms with Crippen LogP contribution in [-0.4, -0.2) is 0 Å². The van der Waals surface area contributed by atoms with Gasteiger partial charge in [0.1, 0.15) is 0 Å². The van der Waals surface area contributed by atoms with Gasteiger partial charge in [0.25, 0.3) is 0 Å². The van der Waals surface area contributed by atoms with Crippen molar-refractivity contribution in [2.75, 3.05) is 9.80 Å². The molecule has 95 heavy (non-hydrogen) atoms. The van der Waals surface area contributed by atoms with E-state index in [-0.39, 0.29) is 16.2 Å². The molecule has 0 aliphatic heterocycles. The van der Waals surface area contributed by atoms with E-state index in [9.17, 15) is 0 Å². The molecule has 0 unspecified atom stereocenters. The number of para-hydroxylation sites is 2. The highest BCUT2D eigenvalue weighted by atomic mass is 15.2. The molecule has 0 spiro atoms. The minimum Gasteiger partial charge on any atom is -0.309 e. The maximum Gasteiger partial charge on any atom is 0.0543 e. The van der Waals surface area contributed by atoms with Crippen LogP contribution in [0.1, 0.15) is 108 Å². The zero-order valence-corrected chi connectivity index (χ0v) is 55.2. The highest BCUT2D eigenvalue weighted by Crippen LogP contribution is 2.63. The van der Waals surface area contributed by atoms with Gasteiger partial charge in [-0.15, -0.1) is 0 Å². The Balaban J connectivity index is 0.778. The van der Waals surface area contributed by atoms with Crippen LogP contribution in [0.3, 0.4) is 0 Å². The molecular weight excluding hydrogens is 1150 g/mol. The lowest BCUT2D eigenvalue weighted by Gasteiger charge is -2.32. The van der Waals surface area contributed by atoms with Gasteiger partial charge in [0, 0.05) is 51.0 Å². The van der Waals surface area contributed by atoms with E-state index < -0.39 is 0 Å². The molecule has 0 radical (unpaired) electrons. The van der Waals surface area contributed by atoms with Crippen molar-refractivity contribution in [3.8, 4) is 77.9 Å². The largest absolute Gasteiger partial charge is 0.309 e. The third-order valence-corrected chi connectivity index (χ3v) is 23.1. The zero-order chi connectivity index (χ0) is 64.0. The number of hydrogen-bond acceptors (Lipinski definition) is 2. The number of anilines is 6. The van der Waals surface area contributed by atoms with Crippen LogP contribution in [-0.2, 0) is 29.1 Å². The average Bonchev–Trinajstić information content (AvgIpc) is 1.49. The second kappa shape index (κ2) is 20.1. The summed E-state index contributed by atoms with van der Waals surface area (Å²) in [5.41, 5.74) is 41.2. The van der Waals surface area contributed by atoms with Gasteiger partial charge in [0.05, 0.1) is 34.1 Å². The van der Waals surface area contributed by atoms with Crippen LogP contribution in [0.4, 0.5) is 34.1 Å². The maximum absolute atomic E-state index is 2.63. The molecule has 2 nitrogen and oxygen atoms in total. The van der Waals surface area contributed by atoms with E-state index in [0.29, 0.717) is 0 Å². The summed E-state index contributed by atoms with van der Waals surface area (Å²) in [5.74, 6) is 0. The summed E-state index contributed by atoms with van der Waals surface area (Å²) in [6, 6.07) is 102. The van der Waals surface area contributed by atoms with Crippen molar-refractivity contribution >= 4 is 55.7 Å². The van der Waals surface area contributed by atoms with Crippen LogP contribution in [0, 0.1) is 13.8 Å². The second-order valence-corrected chi connectivity index (χ2v) is 29.1. The number of nitrogens with zero attached hydrogens (tertiary/aromatic N) is 2. The lowest BCUT2D eigenvalue weighted by molar-refractivity contribution is 0.649. The Kier molecular flexibility index (Phi) is 11.8. The van der Waals surface area contributed by atoms with E-state index in [1.807, 2.05) is 0 Å². The molecular formula is C93H72N2. The van der Waals surface area contributed by atoms with Crippen molar-refractivity contribution < 1.29 is 0 Å². The van der Waals surface area contributed by atoms with Gasteiger partial charge >= 0.3 is 0 Å². The first kappa shape index (κ1) is 55.8. The van der Waals surface area contributed by atoms with Gasteiger partial charge in [-0.3, -0.25) is 0 Å². The molecule has 0 saturated carbocycles. The Labute approximate surface area is 558 Å². The summed E-state index contributed by atoms with van der Waals surface area (Å²) in [6.45, 7) is 19.5. The third-order valence-electron chi connectivity index (χ3n) is 23.1. The van der Waals surface area contributed by atoms with Crippen molar-refractivity contribution in [2.24, 2.45) is 0 Å². The highest BCUT2D eigenvalue weighted by Gasteiger charge is 2.47. The Bertz CT molecular complexity index is 5310. The zero-order valence-electron chi connectivity index (χ0n) is 55.2. The fourth-order valence-electron chi connectivity index (χ4n) is 18.2. The van der Waals surface area contributed by atoms with Gasteiger partial charge in [0.2, 0.25) is 0 Å². The Morgan fingerprint density at radius 3 is 0.958 bits per heavy atom. The molecule has 0 amide bonds. The Morgan fingerprint density at radius 2 is 0.537 bits per heavy atom. The van der Waals surface area contributed by atoms with Gasteiger partial charge in [-0.25, -0.2) is 0 Å². The molecule has 0 heterocycles. The van der Waals surface area contributed by atoms with Gasteiger partial charge < -0.3 is 9.80 Å². The molecule has 0 aromatic heterocycles. The molecule has 19 rings (SSSR count). The summed E-state index contributed by atoms with van der Waals surface area (Å²) in [7, 11) is 0. The monoisotopic (exact) mass is 1220 g/mol. The van der Waals surface area contributed by atoms with Crippen LogP contribution in [0.5, 0.6) is 0 Å². The van der Waals surface area contributed by atoms with E-state index in [1.165, 1.54) is 200 Å². The summed E-state index contributed by atoms with van der Waals surface area (Å²) in [5, 5.41) is 5.07. The van der Waals surface area contributed by atoms with Gasteiger partial charge in [-0.2, -0.15) is 0 Å². The molecule has 0 saturated heterocycles. The lowest BCUT2D eigenvalue weighted by Crippen LogP contribution is -2.18. The van der Waals surface area contributed by atoms with E-state index in [2.05, 4.69) is 332 Å². The molecule has 0 N–H and O–H groups in total. The second-order valence-electron chi connectivity index (χ2n) is 29.1. The molecule has 14 aromatic carbocycles. The summed E-state index contributed by atoms with van der Waals surface area (Å²) in [6.07, 6.45) is 1.77. The fourth-order valence-corrected chi connectivity index (χ4v) is 18.2. The molecule has 5 aliphatic carbocycles. The number of rotatable bonds is 8. The summed E-state index contributed by atoms with van der Waals surface area (Å²) < 4.78 is 0. The van der Waals surface area contributed by atoms with Gasteiger partial charge in [-0.1, -0.05) is 248 Å². The van der Waals surface area contributed by atoms with Crippen LogP contribution in [0.25, 0.3) is 99.4 Å². The smallest absolute Gasteiger partial charge is 0.0543 e. The third kappa shape index (κ3) is 7.80. The topological polar surface area (TPSA) is 6.48 Å². The first-order valence-corrected chi connectivity index (χ1v) is 34.1. The van der Waals surface area contributed by atoms with Crippen molar-refractivity contribution in [3.05, 3.63) is 334 Å². The number of hydrogen-bond donors (Lipinski definition) is 0. The number of fused-ring (bicyclic) bond motifs is 19.